The summed E-state index contributed by atoms with van der Waals surface area (Å²) in [5.41, 5.74) is 1.20. The van der Waals surface area contributed by atoms with Gasteiger partial charge in [-0.2, -0.15) is 0 Å². The van der Waals surface area contributed by atoms with E-state index in [1.807, 2.05) is 0 Å². The van der Waals surface area contributed by atoms with Gasteiger partial charge >= 0.3 is 0 Å². The van der Waals surface area contributed by atoms with Crippen LogP contribution in [0.2, 0.25) is 0 Å². The van der Waals surface area contributed by atoms with Gasteiger partial charge in [-0.05, 0) is 43.7 Å². The molecule has 0 N–H and O–H groups in total. The van der Waals surface area contributed by atoms with Crippen LogP contribution in [0.3, 0.4) is 0 Å². The van der Waals surface area contributed by atoms with Crippen molar-refractivity contribution in [3.8, 4) is 0 Å². The van der Waals surface area contributed by atoms with Crippen molar-refractivity contribution < 1.29 is 0 Å². The fourth-order valence-electron chi connectivity index (χ4n) is 2.91. The van der Waals surface area contributed by atoms with Crippen LogP contribution in [0, 0.1) is 0 Å². The van der Waals surface area contributed by atoms with Gasteiger partial charge in [0.05, 0.1) is 0 Å². The number of rotatable bonds is 1. The Kier molecular flexibility index (Phi) is 4.10. The lowest BCUT2D eigenvalue weighted by Crippen LogP contribution is -2.13. The summed E-state index contributed by atoms with van der Waals surface area (Å²) in [6.45, 7) is 0. The van der Waals surface area contributed by atoms with Gasteiger partial charge in [-0.25, -0.2) is 0 Å². The minimum absolute atomic E-state index is 0.483. The summed E-state index contributed by atoms with van der Waals surface area (Å²) >= 11 is 0. The molecule has 0 nitrogen and oxygen atoms in total. The van der Waals surface area contributed by atoms with Crippen LogP contribution in [0.5, 0.6) is 0 Å². The maximum Gasteiger partial charge on any atom is -0.0209 e. The molecule has 1 heterocycles. The van der Waals surface area contributed by atoms with Crippen LogP contribution in [-0.4, -0.2) is 18.0 Å². The third-order valence-corrected chi connectivity index (χ3v) is 7.06. The van der Waals surface area contributed by atoms with Gasteiger partial charge in [-0.15, -0.1) is 7.92 Å². The van der Waals surface area contributed by atoms with Crippen LogP contribution in [0.1, 0.15) is 57.8 Å². The summed E-state index contributed by atoms with van der Waals surface area (Å²) in [4.78, 5) is 0. The molecule has 1 aliphatic carbocycles. The van der Waals surface area contributed by atoms with Crippen LogP contribution in [-0.2, 0) is 0 Å². The Morgan fingerprint density at radius 1 is 0.615 bits per heavy atom. The summed E-state index contributed by atoms with van der Waals surface area (Å²) in [7, 11) is 0.483. The van der Waals surface area contributed by atoms with Crippen LogP contribution < -0.4 is 0 Å². The lowest BCUT2D eigenvalue weighted by Gasteiger charge is -2.30. The molecule has 0 aromatic carbocycles. The molecule has 0 amide bonds. The summed E-state index contributed by atoms with van der Waals surface area (Å²) in [6.07, 6.45) is 17.2. The van der Waals surface area contributed by atoms with E-state index in [0.29, 0.717) is 7.92 Å². The van der Waals surface area contributed by atoms with E-state index >= 15 is 0 Å². The predicted molar refractivity (Wildman–Crippen MR) is 62.0 cm³/mol. The molecular weight excluding hydrogens is 175 g/mol. The van der Waals surface area contributed by atoms with Gasteiger partial charge in [0, 0.05) is 0 Å². The topological polar surface area (TPSA) is 0 Å². The van der Waals surface area contributed by atoms with E-state index in [2.05, 4.69) is 0 Å². The van der Waals surface area contributed by atoms with Crippen molar-refractivity contribution in [1.82, 2.24) is 0 Å². The van der Waals surface area contributed by atoms with Gasteiger partial charge in [0.25, 0.3) is 0 Å². The smallest absolute Gasteiger partial charge is 0.0209 e. The summed E-state index contributed by atoms with van der Waals surface area (Å²) in [5.74, 6) is 0. The largest absolute Gasteiger partial charge is 0.104 e. The van der Waals surface area contributed by atoms with Crippen molar-refractivity contribution in [2.75, 3.05) is 12.3 Å². The third kappa shape index (κ3) is 2.94. The van der Waals surface area contributed by atoms with Gasteiger partial charge in [0.1, 0.15) is 0 Å². The fraction of sp³-hybridized carbons (Fsp3) is 1.00. The Hall–Kier alpha value is 0.430. The highest BCUT2D eigenvalue weighted by Crippen LogP contribution is 2.50. The lowest BCUT2D eigenvalue weighted by atomic mass is 10.0. The zero-order valence-electron chi connectivity index (χ0n) is 8.80. The molecule has 2 aliphatic rings. The lowest BCUT2D eigenvalue weighted by molar-refractivity contribution is 0.510. The molecular formula is C12H23P. The molecule has 0 aromatic rings. The van der Waals surface area contributed by atoms with E-state index in [1.54, 1.807) is 50.8 Å². The van der Waals surface area contributed by atoms with Crippen molar-refractivity contribution in [3.05, 3.63) is 0 Å². The molecule has 0 bridgehead atoms. The van der Waals surface area contributed by atoms with Crippen molar-refractivity contribution in [1.29, 1.82) is 0 Å². The standard InChI is InChI=1S/C12H23P/c1-2-7-11-13(10-6-1)12-8-4-3-5-9-12/h12H,1-11H2. The summed E-state index contributed by atoms with van der Waals surface area (Å²) < 4.78 is 0. The highest BCUT2D eigenvalue weighted by atomic mass is 31.1. The van der Waals surface area contributed by atoms with Crippen molar-refractivity contribution in [2.24, 2.45) is 0 Å². The van der Waals surface area contributed by atoms with Crippen LogP contribution in [0.15, 0.2) is 0 Å². The molecule has 2 rings (SSSR count). The minimum atomic E-state index is 0.483. The zero-order chi connectivity index (χ0) is 8.93. The Morgan fingerprint density at radius 3 is 1.77 bits per heavy atom. The van der Waals surface area contributed by atoms with E-state index in [1.165, 1.54) is 24.9 Å². The predicted octanol–water partition coefficient (Wildman–Crippen LogP) is 4.38. The third-order valence-electron chi connectivity index (χ3n) is 3.73. The average molecular weight is 198 g/mol. The van der Waals surface area contributed by atoms with Crippen LogP contribution in [0.4, 0.5) is 0 Å². The molecule has 13 heavy (non-hydrogen) atoms. The van der Waals surface area contributed by atoms with Crippen LogP contribution in [0.25, 0.3) is 0 Å². The molecule has 0 aromatic heterocycles. The zero-order valence-corrected chi connectivity index (χ0v) is 9.70. The molecule has 0 unspecified atom stereocenters. The Balaban J connectivity index is 1.82. The van der Waals surface area contributed by atoms with E-state index in [0.717, 1.165) is 0 Å². The molecule has 0 radical (unpaired) electrons. The van der Waals surface area contributed by atoms with E-state index < -0.39 is 0 Å². The van der Waals surface area contributed by atoms with E-state index in [4.69, 9.17) is 0 Å². The van der Waals surface area contributed by atoms with Crippen molar-refractivity contribution in [3.63, 3.8) is 0 Å². The summed E-state index contributed by atoms with van der Waals surface area (Å²) in [6, 6.07) is 0. The quantitative estimate of drug-likeness (QED) is 0.549. The molecule has 0 spiro atoms. The highest BCUT2D eigenvalue weighted by molar-refractivity contribution is 7.58. The average Bonchev–Trinajstić information content (AvgIpc) is 2.47. The van der Waals surface area contributed by atoms with Gasteiger partial charge < -0.3 is 0 Å². The van der Waals surface area contributed by atoms with Gasteiger partial charge in [-0.1, -0.05) is 32.1 Å². The first-order chi connectivity index (χ1) is 6.47. The first kappa shape index (κ1) is 9.97. The Morgan fingerprint density at radius 2 is 1.15 bits per heavy atom. The maximum atomic E-state index is 1.62. The maximum absolute atomic E-state index is 1.62. The molecule has 76 valence electrons. The Labute approximate surface area is 84.2 Å². The molecule has 1 aliphatic heterocycles. The van der Waals surface area contributed by atoms with E-state index in [-0.39, 0.29) is 0 Å². The molecule has 1 saturated carbocycles. The highest BCUT2D eigenvalue weighted by Gasteiger charge is 2.23. The van der Waals surface area contributed by atoms with Crippen molar-refractivity contribution in [2.45, 2.75) is 63.4 Å². The second-order valence-corrected chi connectivity index (χ2v) is 7.54. The minimum Gasteiger partial charge on any atom is -0.104 e. The normalized spacial score (nSPS) is 28.6. The fourth-order valence-corrected chi connectivity index (χ4v) is 6.22. The van der Waals surface area contributed by atoms with E-state index in [9.17, 15) is 0 Å². The second kappa shape index (κ2) is 5.35. The second-order valence-electron chi connectivity index (χ2n) is 4.74. The van der Waals surface area contributed by atoms with Crippen molar-refractivity contribution >= 4 is 7.92 Å². The van der Waals surface area contributed by atoms with Gasteiger partial charge in [0.15, 0.2) is 0 Å². The van der Waals surface area contributed by atoms with Gasteiger partial charge in [-0.3, -0.25) is 0 Å². The molecule has 1 saturated heterocycles. The van der Waals surface area contributed by atoms with Crippen LogP contribution >= 0.6 is 7.92 Å². The molecule has 2 fully saturated rings. The monoisotopic (exact) mass is 198 g/mol. The number of hydrogen-bond acceptors (Lipinski definition) is 0. The van der Waals surface area contributed by atoms with Gasteiger partial charge in [0.2, 0.25) is 0 Å². The summed E-state index contributed by atoms with van der Waals surface area (Å²) in [5, 5.41) is 0. The first-order valence-electron chi connectivity index (χ1n) is 6.21. The molecule has 1 heteroatoms. The molecule has 0 atom stereocenters. The SMILES string of the molecule is C1CCC(P2CCCCCC2)CC1. The Bertz CT molecular complexity index is 130. The first-order valence-corrected chi connectivity index (χ1v) is 7.99. The number of hydrogen-bond donors (Lipinski definition) is 0.